The molecule has 1 aliphatic carbocycles. The fraction of sp³-hybridized carbons (Fsp3) is 0.941. The summed E-state index contributed by atoms with van der Waals surface area (Å²) in [6, 6.07) is 0.584. The molecule has 0 amide bonds. The smallest absolute Gasteiger partial charge is 0.194 e. The second kappa shape index (κ2) is 6.99. The molecule has 3 rings (SSSR count). The summed E-state index contributed by atoms with van der Waals surface area (Å²) in [6.07, 6.45) is 5.78. The molecule has 2 unspecified atom stereocenters. The minimum Gasteiger partial charge on any atom is -0.354 e. The van der Waals surface area contributed by atoms with Gasteiger partial charge in [0.1, 0.15) is 0 Å². The van der Waals surface area contributed by atoms with Crippen LogP contribution >= 0.6 is 0 Å². The minimum atomic E-state index is -2.80. The number of hydrogen-bond donors (Lipinski definition) is 1. The van der Waals surface area contributed by atoms with Crippen molar-refractivity contribution in [2.45, 2.75) is 52.0 Å². The van der Waals surface area contributed by atoms with Crippen LogP contribution in [0.2, 0.25) is 0 Å². The van der Waals surface area contributed by atoms with E-state index < -0.39 is 9.84 Å². The van der Waals surface area contributed by atoms with Gasteiger partial charge in [0.25, 0.3) is 0 Å². The number of aliphatic imine (C=N–C) groups is 1. The molecule has 1 N–H and O–H groups in total. The number of nitrogens with zero attached hydrogens (tertiary/aromatic N) is 2. The Kier molecular flexibility index (Phi) is 5.19. The first-order valence-electron chi connectivity index (χ1n) is 9.19. The van der Waals surface area contributed by atoms with E-state index in [0.29, 0.717) is 30.0 Å². The van der Waals surface area contributed by atoms with Crippen LogP contribution in [0.3, 0.4) is 0 Å². The van der Waals surface area contributed by atoms with Crippen molar-refractivity contribution in [2.24, 2.45) is 22.7 Å². The Hall–Kier alpha value is -0.780. The van der Waals surface area contributed by atoms with Gasteiger partial charge in [-0.25, -0.2) is 8.42 Å². The number of hydrogen-bond acceptors (Lipinski definition) is 3. The van der Waals surface area contributed by atoms with E-state index in [9.17, 15) is 8.42 Å². The van der Waals surface area contributed by atoms with E-state index in [0.717, 1.165) is 31.4 Å². The molecule has 2 atom stereocenters. The van der Waals surface area contributed by atoms with Gasteiger partial charge in [-0.05, 0) is 49.9 Å². The van der Waals surface area contributed by atoms with E-state index >= 15 is 0 Å². The topological polar surface area (TPSA) is 61.8 Å². The van der Waals surface area contributed by atoms with E-state index in [-0.39, 0.29) is 5.92 Å². The summed E-state index contributed by atoms with van der Waals surface area (Å²) in [6.45, 7) is 7.42. The lowest BCUT2D eigenvalue weighted by atomic mass is 9.88. The van der Waals surface area contributed by atoms with E-state index in [2.05, 4.69) is 24.1 Å². The van der Waals surface area contributed by atoms with Gasteiger partial charge in [0.05, 0.1) is 11.5 Å². The van der Waals surface area contributed by atoms with Crippen LogP contribution in [-0.2, 0) is 9.84 Å². The van der Waals surface area contributed by atoms with Crippen LogP contribution in [0.4, 0.5) is 0 Å². The van der Waals surface area contributed by atoms with Gasteiger partial charge < -0.3 is 10.2 Å². The number of nitrogens with one attached hydrogen (secondary N) is 1. The van der Waals surface area contributed by atoms with Crippen molar-refractivity contribution in [1.29, 1.82) is 0 Å². The van der Waals surface area contributed by atoms with Gasteiger partial charge in [0.2, 0.25) is 0 Å². The van der Waals surface area contributed by atoms with Gasteiger partial charge in [-0.2, -0.15) is 0 Å². The van der Waals surface area contributed by atoms with Gasteiger partial charge in [-0.1, -0.05) is 13.8 Å². The zero-order valence-electron chi connectivity index (χ0n) is 14.5. The van der Waals surface area contributed by atoms with Crippen LogP contribution < -0.4 is 5.32 Å². The molecule has 23 heavy (non-hydrogen) atoms. The fourth-order valence-electron chi connectivity index (χ4n) is 3.63. The number of rotatable bonds is 4. The Bertz CT molecular complexity index is 540. The predicted octanol–water partition coefficient (Wildman–Crippen LogP) is 1.90. The molecule has 5 nitrogen and oxygen atoms in total. The number of guanidine groups is 1. The van der Waals surface area contributed by atoms with Crippen LogP contribution in [0, 0.1) is 17.8 Å². The third-order valence-electron chi connectivity index (χ3n) is 5.44. The molecule has 3 fully saturated rings. The van der Waals surface area contributed by atoms with Crippen LogP contribution in [0.15, 0.2) is 4.99 Å². The average Bonchev–Trinajstić information content (AvgIpc) is 3.26. The standard InChI is InChI=1S/C17H31N3O2S/c1-13(2)15-4-3-8-20(11-15)17(19-16-5-6-16)18-10-14-7-9-23(21,22)12-14/h13-16H,3-12H2,1-2H3,(H,18,19). The molecular formula is C17H31N3O2S. The molecule has 132 valence electrons. The summed E-state index contributed by atoms with van der Waals surface area (Å²) in [5, 5.41) is 3.59. The van der Waals surface area contributed by atoms with Gasteiger partial charge in [-0.15, -0.1) is 0 Å². The summed E-state index contributed by atoms with van der Waals surface area (Å²) in [7, 11) is -2.80. The molecule has 0 bridgehead atoms. The summed E-state index contributed by atoms with van der Waals surface area (Å²) in [4.78, 5) is 7.25. The van der Waals surface area contributed by atoms with E-state index in [1.165, 1.54) is 25.7 Å². The van der Waals surface area contributed by atoms with E-state index in [1.54, 1.807) is 0 Å². The van der Waals surface area contributed by atoms with Crippen LogP contribution in [0.25, 0.3) is 0 Å². The minimum absolute atomic E-state index is 0.210. The van der Waals surface area contributed by atoms with Crippen molar-refractivity contribution in [1.82, 2.24) is 10.2 Å². The normalized spacial score (nSPS) is 31.6. The van der Waals surface area contributed by atoms with Gasteiger partial charge >= 0.3 is 0 Å². The average molecular weight is 342 g/mol. The maximum atomic E-state index is 11.6. The zero-order chi connectivity index (χ0) is 16.4. The largest absolute Gasteiger partial charge is 0.354 e. The van der Waals surface area contributed by atoms with Crippen LogP contribution in [-0.4, -0.2) is 56.5 Å². The monoisotopic (exact) mass is 341 g/mol. The quantitative estimate of drug-likeness (QED) is 0.627. The Morgan fingerprint density at radius 3 is 2.65 bits per heavy atom. The number of likely N-dealkylation sites (tertiary alicyclic amines) is 1. The lowest BCUT2D eigenvalue weighted by molar-refractivity contribution is 0.206. The predicted molar refractivity (Wildman–Crippen MR) is 94.4 cm³/mol. The second-order valence-corrected chi connectivity index (χ2v) is 10.2. The Balaban J connectivity index is 1.63. The molecule has 2 heterocycles. The maximum absolute atomic E-state index is 11.6. The molecular weight excluding hydrogens is 310 g/mol. The molecule has 6 heteroatoms. The van der Waals surface area contributed by atoms with E-state index in [4.69, 9.17) is 4.99 Å². The Labute approximate surface area is 140 Å². The maximum Gasteiger partial charge on any atom is 0.194 e. The molecule has 0 spiro atoms. The van der Waals surface area contributed by atoms with Crippen LogP contribution in [0.5, 0.6) is 0 Å². The molecule has 0 radical (unpaired) electrons. The van der Waals surface area contributed by atoms with Crippen molar-refractivity contribution >= 4 is 15.8 Å². The molecule has 0 aromatic rings. The third-order valence-corrected chi connectivity index (χ3v) is 7.27. The van der Waals surface area contributed by atoms with Crippen molar-refractivity contribution in [3.05, 3.63) is 0 Å². The number of sulfone groups is 1. The zero-order valence-corrected chi connectivity index (χ0v) is 15.3. The fourth-order valence-corrected chi connectivity index (χ4v) is 5.47. The Morgan fingerprint density at radius 1 is 1.26 bits per heavy atom. The highest BCUT2D eigenvalue weighted by Crippen LogP contribution is 2.25. The summed E-state index contributed by atoms with van der Waals surface area (Å²) in [5.41, 5.74) is 0. The summed E-state index contributed by atoms with van der Waals surface area (Å²) in [5.74, 6) is 3.35. The third kappa shape index (κ3) is 4.85. The van der Waals surface area contributed by atoms with Crippen molar-refractivity contribution in [3.63, 3.8) is 0 Å². The van der Waals surface area contributed by atoms with Crippen LogP contribution in [0.1, 0.15) is 46.0 Å². The highest BCUT2D eigenvalue weighted by molar-refractivity contribution is 7.91. The molecule has 2 saturated heterocycles. The SMILES string of the molecule is CC(C)C1CCCN(C(=NCC2CCS(=O)(=O)C2)NC2CC2)C1. The number of piperidine rings is 1. The molecule has 0 aromatic heterocycles. The van der Waals surface area contributed by atoms with Gasteiger partial charge in [0.15, 0.2) is 15.8 Å². The van der Waals surface area contributed by atoms with Gasteiger partial charge in [-0.3, -0.25) is 4.99 Å². The molecule has 2 aliphatic heterocycles. The Morgan fingerprint density at radius 2 is 2.04 bits per heavy atom. The highest BCUT2D eigenvalue weighted by Gasteiger charge is 2.30. The first-order valence-corrected chi connectivity index (χ1v) is 11.0. The summed E-state index contributed by atoms with van der Waals surface area (Å²) < 4.78 is 23.2. The lowest BCUT2D eigenvalue weighted by Gasteiger charge is -2.37. The molecule has 1 saturated carbocycles. The van der Waals surface area contributed by atoms with Crippen molar-refractivity contribution in [2.75, 3.05) is 31.1 Å². The summed E-state index contributed by atoms with van der Waals surface area (Å²) >= 11 is 0. The highest BCUT2D eigenvalue weighted by atomic mass is 32.2. The second-order valence-electron chi connectivity index (χ2n) is 7.94. The first kappa shape index (κ1) is 17.1. The molecule has 0 aromatic carbocycles. The van der Waals surface area contributed by atoms with Gasteiger partial charge in [0, 0.05) is 25.7 Å². The lowest BCUT2D eigenvalue weighted by Crippen LogP contribution is -2.48. The molecule has 3 aliphatic rings. The first-order chi connectivity index (χ1) is 10.9. The van der Waals surface area contributed by atoms with Crippen molar-refractivity contribution in [3.8, 4) is 0 Å². The van der Waals surface area contributed by atoms with E-state index in [1.807, 2.05) is 0 Å². The van der Waals surface area contributed by atoms with Crippen molar-refractivity contribution < 1.29 is 8.42 Å².